The third kappa shape index (κ3) is 4.45. The van der Waals surface area contributed by atoms with Crippen molar-refractivity contribution < 1.29 is 9.53 Å². The average molecular weight is 256 g/mol. The number of rotatable bonds is 4. The molecule has 1 aliphatic carbocycles. The zero-order chi connectivity index (χ0) is 13.1. The predicted molar refractivity (Wildman–Crippen MR) is 74.9 cm³/mol. The zero-order valence-electron chi connectivity index (χ0n) is 12.1. The van der Waals surface area contributed by atoms with E-state index in [0.717, 1.165) is 24.8 Å². The number of esters is 1. The lowest BCUT2D eigenvalue weighted by Crippen LogP contribution is -2.33. The summed E-state index contributed by atoms with van der Waals surface area (Å²) < 4.78 is 5.43. The number of carbonyl (C=O) groups excluding carboxylic acids is 1. The van der Waals surface area contributed by atoms with E-state index in [2.05, 4.69) is 26.6 Å². The summed E-state index contributed by atoms with van der Waals surface area (Å²) in [4.78, 5) is 11.9. The Morgan fingerprint density at radius 3 is 2.18 bits per heavy atom. The van der Waals surface area contributed by atoms with Gasteiger partial charge in [0, 0.05) is 8.07 Å². The molecule has 0 aliphatic heterocycles. The second-order valence-electron chi connectivity index (χ2n) is 6.57. The molecule has 3 heteroatoms. The Hall–Kier alpha value is -0.313. The monoisotopic (exact) mass is 256 g/mol. The molecule has 100 valence electrons. The fraction of sp³-hybridized carbons (Fsp3) is 0.929. The summed E-state index contributed by atoms with van der Waals surface area (Å²) in [7, 11) is -1.01. The highest BCUT2D eigenvalue weighted by atomic mass is 28.3. The van der Waals surface area contributed by atoms with Gasteiger partial charge in [-0.05, 0) is 31.7 Å². The van der Waals surface area contributed by atoms with E-state index in [9.17, 15) is 4.79 Å². The molecule has 1 atom stereocenters. The van der Waals surface area contributed by atoms with Crippen LogP contribution in [0, 0.1) is 5.92 Å². The van der Waals surface area contributed by atoms with Gasteiger partial charge in [0.1, 0.15) is 0 Å². The molecular weight excluding hydrogens is 228 g/mol. The molecule has 0 aromatic heterocycles. The molecule has 0 spiro atoms. The second-order valence-corrected chi connectivity index (χ2v) is 12.1. The molecule has 1 fully saturated rings. The summed E-state index contributed by atoms with van der Waals surface area (Å²) in [5.74, 6) is 0.227. The summed E-state index contributed by atoms with van der Waals surface area (Å²) in [6.07, 6.45) is 5.55. The van der Waals surface area contributed by atoms with E-state index in [1.165, 1.54) is 12.8 Å². The lowest BCUT2D eigenvalue weighted by Gasteiger charge is -2.35. The molecule has 0 aromatic rings. The lowest BCUT2D eigenvalue weighted by molar-refractivity contribution is -0.154. The summed E-state index contributed by atoms with van der Waals surface area (Å²) in [6.45, 7) is 11.4. The van der Waals surface area contributed by atoms with Crippen LogP contribution in [0.2, 0.25) is 25.2 Å². The summed E-state index contributed by atoms with van der Waals surface area (Å²) in [6, 6.07) is 0. The molecule has 1 rings (SSSR count). The molecule has 0 bridgehead atoms. The molecule has 0 saturated heterocycles. The summed E-state index contributed by atoms with van der Waals surface area (Å²) in [5, 5.41) is 0. The maximum Gasteiger partial charge on any atom is 0.309 e. The van der Waals surface area contributed by atoms with Gasteiger partial charge in [0.2, 0.25) is 0 Å². The maximum absolute atomic E-state index is 11.9. The van der Waals surface area contributed by atoms with E-state index in [1.54, 1.807) is 0 Å². The standard InChI is InChI=1S/C14H28O2Si/c1-6-11(2)16-14(15)12-7-9-13(10-8-12)17(3,4)5/h11-13H,6-10H2,1-5H3. The van der Waals surface area contributed by atoms with Gasteiger partial charge in [-0.25, -0.2) is 0 Å². The maximum atomic E-state index is 11.9. The SMILES string of the molecule is CCC(C)OC(=O)C1CCC([Si](C)(C)C)CC1. The molecule has 1 aliphatic rings. The molecule has 0 heterocycles. The third-order valence-corrected chi connectivity index (χ3v) is 7.20. The van der Waals surface area contributed by atoms with E-state index in [1.807, 2.05) is 6.92 Å². The molecule has 1 saturated carbocycles. The van der Waals surface area contributed by atoms with Crippen molar-refractivity contribution in [2.24, 2.45) is 5.92 Å². The van der Waals surface area contributed by atoms with Crippen molar-refractivity contribution in [3.63, 3.8) is 0 Å². The topological polar surface area (TPSA) is 26.3 Å². The number of carbonyl (C=O) groups is 1. The number of hydrogen-bond donors (Lipinski definition) is 0. The first-order chi connectivity index (χ1) is 7.84. The van der Waals surface area contributed by atoms with Gasteiger partial charge < -0.3 is 4.74 Å². The van der Waals surface area contributed by atoms with Crippen LogP contribution in [-0.4, -0.2) is 20.1 Å². The van der Waals surface area contributed by atoms with Crippen molar-refractivity contribution >= 4 is 14.0 Å². The van der Waals surface area contributed by atoms with Gasteiger partial charge in [-0.15, -0.1) is 0 Å². The van der Waals surface area contributed by atoms with Gasteiger partial charge in [0.15, 0.2) is 0 Å². The van der Waals surface area contributed by atoms with Crippen molar-refractivity contribution in [1.82, 2.24) is 0 Å². The highest BCUT2D eigenvalue weighted by Crippen LogP contribution is 2.39. The van der Waals surface area contributed by atoms with Gasteiger partial charge in [0.05, 0.1) is 12.0 Å². The Balaban J connectivity index is 2.39. The average Bonchev–Trinajstić information content (AvgIpc) is 2.27. The number of ether oxygens (including phenoxy) is 1. The van der Waals surface area contributed by atoms with Gasteiger partial charge >= 0.3 is 5.97 Å². The molecule has 0 N–H and O–H groups in total. The smallest absolute Gasteiger partial charge is 0.309 e. The van der Waals surface area contributed by atoms with Crippen molar-refractivity contribution in [2.45, 2.75) is 77.2 Å². The fourth-order valence-corrected chi connectivity index (χ4v) is 4.64. The van der Waals surface area contributed by atoms with E-state index in [-0.39, 0.29) is 18.0 Å². The molecule has 0 radical (unpaired) electrons. The van der Waals surface area contributed by atoms with Crippen LogP contribution in [0.1, 0.15) is 46.0 Å². The van der Waals surface area contributed by atoms with Crippen LogP contribution in [-0.2, 0) is 9.53 Å². The predicted octanol–water partition coefficient (Wildman–Crippen LogP) is 4.23. The van der Waals surface area contributed by atoms with Crippen molar-refractivity contribution in [1.29, 1.82) is 0 Å². The van der Waals surface area contributed by atoms with E-state index in [4.69, 9.17) is 4.74 Å². The largest absolute Gasteiger partial charge is 0.462 e. The third-order valence-electron chi connectivity index (χ3n) is 4.18. The van der Waals surface area contributed by atoms with Gasteiger partial charge in [-0.3, -0.25) is 4.79 Å². The van der Waals surface area contributed by atoms with E-state index < -0.39 is 8.07 Å². The minimum absolute atomic E-state index is 0.0494. The van der Waals surface area contributed by atoms with Crippen LogP contribution in [0.5, 0.6) is 0 Å². The highest BCUT2D eigenvalue weighted by Gasteiger charge is 2.34. The Morgan fingerprint density at radius 1 is 1.24 bits per heavy atom. The normalized spacial score (nSPS) is 27.6. The quantitative estimate of drug-likeness (QED) is 0.556. The van der Waals surface area contributed by atoms with Crippen LogP contribution in [0.3, 0.4) is 0 Å². The summed E-state index contributed by atoms with van der Waals surface area (Å²) in [5.41, 5.74) is 0.898. The van der Waals surface area contributed by atoms with Crippen LogP contribution in [0.4, 0.5) is 0 Å². The molecule has 0 aromatic carbocycles. The van der Waals surface area contributed by atoms with Crippen LogP contribution < -0.4 is 0 Å². The lowest BCUT2D eigenvalue weighted by atomic mass is 9.89. The summed E-state index contributed by atoms with van der Waals surface area (Å²) >= 11 is 0. The minimum atomic E-state index is -1.01. The first-order valence-electron chi connectivity index (χ1n) is 7.05. The van der Waals surface area contributed by atoms with Gasteiger partial charge in [-0.1, -0.05) is 39.4 Å². The molecular formula is C14H28O2Si. The molecule has 17 heavy (non-hydrogen) atoms. The van der Waals surface area contributed by atoms with Crippen molar-refractivity contribution in [2.75, 3.05) is 0 Å². The van der Waals surface area contributed by atoms with E-state index in [0.29, 0.717) is 0 Å². The van der Waals surface area contributed by atoms with Crippen molar-refractivity contribution in [3.05, 3.63) is 0 Å². The Labute approximate surface area is 107 Å². The molecule has 2 nitrogen and oxygen atoms in total. The van der Waals surface area contributed by atoms with Gasteiger partial charge in [0.25, 0.3) is 0 Å². The molecule has 1 unspecified atom stereocenters. The Bertz CT molecular complexity index is 249. The van der Waals surface area contributed by atoms with Crippen LogP contribution in [0.15, 0.2) is 0 Å². The first kappa shape index (κ1) is 14.7. The van der Waals surface area contributed by atoms with E-state index >= 15 is 0 Å². The second kappa shape index (κ2) is 6.03. The fourth-order valence-electron chi connectivity index (χ4n) is 2.57. The Morgan fingerprint density at radius 2 is 1.76 bits per heavy atom. The highest BCUT2D eigenvalue weighted by molar-refractivity contribution is 6.77. The Kier molecular flexibility index (Phi) is 5.23. The zero-order valence-corrected chi connectivity index (χ0v) is 13.1. The number of hydrogen-bond acceptors (Lipinski definition) is 2. The van der Waals surface area contributed by atoms with Crippen LogP contribution in [0.25, 0.3) is 0 Å². The minimum Gasteiger partial charge on any atom is -0.462 e. The first-order valence-corrected chi connectivity index (χ1v) is 10.6. The molecule has 0 amide bonds. The van der Waals surface area contributed by atoms with Crippen LogP contribution >= 0.6 is 0 Å². The van der Waals surface area contributed by atoms with Crippen molar-refractivity contribution in [3.8, 4) is 0 Å². The van der Waals surface area contributed by atoms with Gasteiger partial charge in [-0.2, -0.15) is 0 Å².